The number of amides is 1. The van der Waals surface area contributed by atoms with Crippen molar-refractivity contribution < 1.29 is 28.5 Å². The van der Waals surface area contributed by atoms with Gasteiger partial charge in [-0.15, -0.1) is 0 Å². The Morgan fingerprint density at radius 2 is 1.62 bits per heavy atom. The molecule has 0 saturated carbocycles. The van der Waals surface area contributed by atoms with E-state index < -0.39 is 17.7 Å². The molecule has 2 aromatic rings. The summed E-state index contributed by atoms with van der Waals surface area (Å²) in [6, 6.07) is 6.64. The smallest absolute Gasteiger partial charge is 0.258 e. The molecule has 0 fully saturated rings. The summed E-state index contributed by atoms with van der Waals surface area (Å²) >= 11 is 6.29. The number of benzene rings is 2. The van der Waals surface area contributed by atoms with Crippen LogP contribution in [0.5, 0.6) is 23.0 Å². The quantitative estimate of drug-likeness (QED) is 0.377. The van der Waals surface area contributed by atoms with E-state index in [-0.39, 0.29) is 0 Å². The highest BCUT2D eigenvalue weighted by Crippen LogP contribution is 2.38. The lowest BCUT2D eigenvalue weighted by Crippen LogP contribution is -2.31. The van der Waals surface area contributed by atoms with Gasteiger partial charge in [0.25, 0.3) is 5.91 Å². The number of nitrogens with zero attached hydrogens (tertiary/aromatic N) is 2. The molecule has 0 spiro atoms. The molecule has 0 bridgehead atoms. The summed E-state index contributed by atoms with van der Waals surface area (Å²) in [5, 5.41) is 10.9. The van der Waals surface area contributed by atoms with Crippen LogP contribution in [0.15, 0.2) is 40.6 Å². The fourth-order valence-electron chi connectivity index (χ4n) is 2.69. The highest BCUT2D eigenvalue weighted by atomic mass is 35.5. The van der Waals surface area contributed by atoms with Gasteiger partial charge in [0.15, 0.2) is 5.78 Å². The Hall–Kier alpha value is -3.33. The minimum Gasteiger partial charge on any atom is -0.497 e. The van der Waals surface area contributed by atoms with Gasteiger partial charge in [0, 0.05) is 23.9 Å². The normalized spacial score (nSPS) is 11.7. The lowest BCUT2D eigenvalue weighted by atomic mass is 10.2. The molecule has 0 aliphatic rings. The van der Waals surface area contributed by atoms with E-state index in [4.69, 9.17) is 30.5 Å². The van der Waals surface area contributed by atoms with Crippen LogP contribution in [0.1, 0.15) is 20.8 Å². The van der Waals surface area contributed by atoms with Crippen LogP contribution >= 0.6 is 11.6 Å². The molecule has 9 nitrogen and oxygen atoms in total. The minimum atomic E-state index is -1.38. The maximum atomic E-state index is 12.8. The van der Waals surface area contributed by atoms with Crippen molar-refractivity contribution in [2.24, 2.45) is 10.2 Å². The van der Waals surface area contributed by atoms with Crippen molar-refractivity contribution >= 4 is 34.7 Å². The van der Waals surface area contributed by atoms with Crippen LogP contribution in [0.3, 0.4) is 0 Å². The number of azo groups is 1. The Labute approximate surface area is 191 Å². The van der Waals surface area contributed by atoms with Crippen LogP contribution in [0.4, 0.5) is 11.4 Å². The number of ketones is 1. The predicted molar refractivity (Wildman–Crippen MR) is 121 cm³/mol. The topological polar surface area (TPSA) is 108 Å². The molecule has 0 heterocycles. The number of halogens is 1. The van der Waals surface area contributed by atoms with E-state index in [0.717, 1.165) is 0 Å². The molecular weight excluding hydrogens is 438 g/mol. The molecule has 1 unspecified atom stereocenters. The zero-order valence-corrected chi connectivity index (χ0v) is 19.4. The van der Waals surface area contributed by atoms with Crippen molar-refractivity contribution in [3.8, 4) is 23.0 Å². The summed E-state index contributed by atoms with van der Waals surface area (Å²) < 4.78 is 21.4. The second-order valence-corrected chi connectivity index (χ2v) is 6.79. The number of methoxy groups -OCH3 is 2. The monoisotopic (exact) mass is 463 g/mol. The van der Waals surface area contributed by atoms with Crippen LogP contribution in [0.25, 0.3) is 0 Å². The van der Waals surface area contributed by atoms with E-state index in [2.05, 4.69) is 15.5 Å². The number of carbonyl (C=O) groups excluding carboxylic acids is 2. The van der Waals surface area contributed by atoms with E-state index in [0.29, 0.717) is 52.6 Å². The summed E-state index contributed by atoms with van der Waals surface area (Å²) in [7, 11) is 2.98. The molecule has 0 aromatic heterocycles. The van der Waals surface area contributed by atoms with E-state index in [9.17, 15) is 9.59 Å². The maximum Gasteiger partial charge on any atom is 0.258 e. The van der Waals surface area contributed by atoms with E-state index in [1.165, 1.54) is 21.1 Å². The number of Topliss-reactive ketones (excluding diaryl/α,β-unsaturated/α-hetero) is 1. The first-order chi connectivity index (χ1) is 15.3. The second kappa shape index (κ2) is 11.9. The van der Waals surface area contributed by atoms with Crippen molar-refractivity contribution in [2.75, 3.05) is 32.8 Å². The van der Waals surface area contributed by atoms with Crippen LogP contribution < -0.4 is 24.3 Å². The van der Waals surface area contributed by atoms with Crippen LogP contribution in [-0.4, -0.2) is 45.2 Å². The number of nitrogens with one attached hydrogen (secondary N) is 1. The molecule has 1 amide bonds. The number of hydrogen-bond acceptors (Lipinski definition) is 8. The van der Waals surface area contributed by atoms with E-state index in [1.807, 2.05) is 0 Å². The lowest BCUT2D eigenvalue weighted by molar-refractivity contribution is -0.126. The van der Waals surface area contributed by atoms with Crippen molar-refractivity contribution in [1.29, 1.82) is 0 Å². The first kappa shape index (κ1) is 24.9. The zero-order chi connectivity index (χ0) is 23.7. The fraction of sp³-hybridized carbons (Fsp3) is 0.364. The van der Waals surface area contributed by atoms with Crippen LogP contribution in [0.2, 0.25) is 5.02 Å². The van der Waals surface area contributed by atoms with Gasteiger partial charge >= 0.3 is 0 Å². The van der Waals surface area contributed by atoms with Crippen LogP contribution in [-0.2, 0) is 9.59 Å². The average Bonchev–Trinajstić information content (AvgIpc) is 2.76. The third-order valence-electron chi connectivity index (χ3n) is 4.17. The Balaban J connectivity index is 2.32. The SMILES string of the molecule is CCOc1cc(NC(=O)C(N=Nc2cc(OC)ccc2OC)C(C)=O)cc(OCC)c1Cl. The van der Waals surface area contributed by atoms with Gasteiger partial charge in [0.2, 0.25) is 6.04 Å². The molecule has 172 valence electrons. The maximum absolute atomic E-state index is 12.8. The first-order valence-corrected chi connectivity index (χ1v) is 10.3. The van der Waals surface area contributed by atoms with Crippen molar-refractivity contribution in [3.05, 3.63) is 35.4 Å². The minimum absolute atomic E-state index is 0.291. The summed E-state index contributed by atoms with van der Waals surface area (Å²) in [6.45, 7) is 5.61. The molecule has 1 N–H and O–H groups in total. The lowest BCUT2D eigenvalue weighted by Gasteiger charge is -2.15. The Morgan fingerprint density at radius 1 is 1.00 bits per heavy atom. The number of ether oxygens (including phenoxy) is 4. The Bertz CT molecular complexity index is 969. The van der Waals surface area contributed by atoms with Gasteiger partial charge in [-0.1, -0.05) is 11.6 Å². The largest absolute Gasteiger partial charge is 0.497 e. The van der Waals surface area contributed by atoms with Gasteiger partial charge < -0.3 is 24.3 Å². The number of rotatable bonds is 11. The van der Waals surface area contributed by atoms with Crippen molar-refractivity contribution in [3.63, 3.8) is 0 Å². The first-order valence-electron chi connectivity index (χ1n) is 9.87. The molecule has 0 aliphatic carbocycles. The number of carbonyl (C=O) groups is 2. The predicted octanol–water partition coefficient (Wildman–Crippen LogP) is 4.83. The van der Waals surface area contributed by atoms with E-state index >= 15 is 0 Å². The highest BCUT2D eigenvalue weighted by Gasteiger charge is 2.24. The third kappa shape index (κ3) is 6.34. The van der Waals surface area contributed by atoms with Crippen LogP contribution in [0, 0.1) is 0 Å². The van der Waals surface area contributed by atoms with Gasteiger partial charge in [-0.3, -0.25) is 9.59 Å². The summed E-state index contributed by atoms with van der Waals surface area (Å²) in [5.41, 5.74) is 0.654. The molecule has 2 aromatic carbocycles. The Kier molecular flexibility index (Phi) is 9.27. The molecule has 10 heteroatoms. The summed E-state index contributed by atoms with van der Waals surface area (Å²) in [5.74, 6) is 0.469. The highest BCUT2D eigenvalue weighted by molar-refractivity contribution is 6.33. The summed E-state index contributed by atoms with van der Waals surface area (Å²) in [6.07, 6.45) is 0. The molecule has 2 rings (SSSR count). The van der Waals surface area contributed by atoms with Gasteiger partial charge in [-0.05, 0) is 32.9 Å². The third-order valence-corrected chi connectivity index (χ3v) is 4.55. The fourth-order valence-corrected chi connectivity index (χ4v) is 2.91. The Morgan fingerprint density at radius 3 is 2.12 bits per heavy atom. The molecule has 0 radical (unpaired) electrons. The van der Waals surface area contributed by atoms with E-state index in [1.54, 1.807) is 44.2 Å². The number of hydrogen-bond donors (Lipinski definition) is 1. The van der Waals surface area contributed by atoms with Gasteiger partial charge in [0.05, 0.1) is 27.4 Å². The van der Waals surface area contributed by atoms with Crippen molar-refractivity contribution in [1.82, 2.24) is 0 Å². The molecule has 0 aliphatic heterocycles. The zero-order valence-electron chi connectivity index (χ0n) is 18.6. The molecular formula is C22H26ClN3O6. The molecule has 32 heavy (non-hydrogen) atoms. The summed E-state index contributed by atoms with van der Waals surface area (Å²) in [4.78, 5) is 24.9. The molecule has 1 atom stereocenters. The number of anilines is 1. The van der Waals surface area contributed by atoms with Gasteiger partial charge in [0.1, 0.15) is 33.7 Å². The second-order valence-electron chi connectivity index (χ2n) is 6.41. The molecule has 0 saturated heterocycles. The van der Waals surface area contributed by atoms with Crippen molar-refractivity contribution in [2.45, 2.75) is 26.8 Å². The standard InChI is InChI=1S/C22H26ClN3O6/c1-6-31-18-10-14(11-19(20(18)23)32-7-2)24-22(28)21(13(3)27)26-25-16-12-15(29-4)8-9-17(16)30-5/h8-12,21H,6-7H2,1-5H3,(H,24,28). The average molecular weight is 464 g/mol. The van der Waals surface area contributed by atoms with Gasteiger partial charge in [-0.25, -0.2) is 0 Å². The van der Waals surface area contributed by atoms with Gasteiger partial charge in [-0.2, -0.15) is 10.2 Å².